The summed E-state index contributed by atoms with van der Waals surface area (Å²) >= 11 is 1.45. The predicted octanol–water partition coefficient (Wildman–Crippen LogP) is 3.20. The van der Waals surface area contributed by atoms with Gasteiger partial charge in [0, 0.05) is 16.5 Å². The lowest BCUT2D eigenvalue weighted by Gasteiger charge is -2.31. The third-order valence-corrected chi connectivity index (χ3v) is 3.80. The number of aliphatic hydroxyl groups excluding tert-OH is 1. The summed E-state index contributed by atoms with van der Waals surface area (Å²) in [6.07, 6.45) is 0.741. The highest BCUT2D eigenvalue weighted by Crippen LogP contribution is 2.23. The van der Waals surface area contributed by atoms with Crippen LogP contribution in [0.15, 0.2) is 23.1 Å². The highest BCUT2D eigenvalue weighted by Gasteiger charge is 2.23. The predicted molar refractivity (Wildman–Crippen MR) is 75.5 cm³/mol. The first kappa shape index (κ1) is 16.4. The fraction of sp³-hybridized carbons (Fsp3) is 0.571. The van der Waals surface area contributed by atoms with Gasteiger partial charge in [-0.15, -0.1) is 11.8 Å². The molecule has 5 heteroatoms. The molecule has 0 saturated carbocycles. The number of rotatable bonds is 7. The minimum absolute atomic E-state index is 0.0452. The Kier molecular flexibility index (Phi) is 6.23. The number of benzene rings is 1. The van der Waals surface area contributed by atoms with Gasteiger partial charge in [0.25, 0.3) is 0 Å². The van der Waals surface area contributed by atoms with E-state index in [0.717, 1.165) is 18.2 Å². The van der Waals surface area contributed by atoms with Crippen molar-refractivity contribution >= 4 is 11.8 Å². The third-order valence-electron chi connectivity index (χ3n) is 2.80. The highest BCUT2D eigenvalue weighted by molar-refractivity contribution is 7.99. The van der Waals surface area contributed by atoms with Crippen LogP contribution in [0.2, 0.25) is 0 Å². The van der Waals surface area contributed by atoms with Gasteiger partial charge in [0.1, 0.15) is 0 Å². The number of halogens is 2. The van der Waals surface area contributed by atoms with Crippen LogP contribution in [0.5, 0.6) is 0 Å². The Balaban J connectivity index is 2.50. The van der Waals surface area contributed by atoms with E-state index in [2.05, 4.69) is 5.32 Å². The smallest absolute Gasteiger partial charge is 0.159 e. The van der Waals surface area contributed by atoms with Crippen molar-refractivity contribution in [3.8, 4) is 0 Å². The van der Waals surface area contributed by atoms with Gasteiger partial charge in [0.2, 0.25) is 0 Å². The minimum Gasteiger partial charge on any atom is -0.394 e. The summed E-state index contributed by atoms with van der Waals surface area (Å²) in [5.41, 5.74) is -0.347. The summed E-state index contributed by atoms with van der Waals surface area (Å²) in [5, 5.41) is 12.7. The molecule has 1 aromatic carbocycles. The monoisotopic (exact) mass is 289 g/mol. The molecule has 0 fully saturated rings. The zero-order chi connectivity index (χ0) is 14.5. The second-order valence-corrected chi connectivity index (χ2v) is 6.36. The average Bonchev–Trinajstić information content (AvgIpc) is 2.33. The molecule has 0 aliphatic carbocycles. The lowest BCUT2D eigenvalue weighted by molar-refractivity contribution is 0.162. The molecule has 0 aromatic heterocycles. The van der Waals surface area contributed by atoms with E-state index in [-0.39, 0.29) is 18.2 Å². The van der Waals surface area contributed by atoms with Crippen molar-refractivity contribution in [3.05, 3.63) is 29.8 Å². The summed E-state index contributed by atoms with van der Waals surface area (Å²) in [6.45, 7) is 6.05. The third kappa shape index (κ3) is 5.47. The molecular weight excluding hydrogens is 268 g/mol. The molecule has 1 atom stereocenters. The molecule has 19 heavy (non-hydrogen) atoms. The van der Waals surface area contributed by atoms with Gasteiger partial charge >= 0.3 is 0 Å². The minimum atomic E-state index is -0.828. The van der Waals surface area contributed by atoms with Crippen LogP contribution >= 0.6 is 11.8 Å². The molecule has 1 unspecified atom stereocenters. The SMILES string of the molecule is CC(C)NC(C)(CO)CCSc1ccc(F)c(F)c1. The fourth-order valence-corrected chi connectivity index (χ4v) is 2.99. The molecular formula is C14H21F2NOS. The lowest BCUT2D eigenvalue weighted by Crippen LogP contribution is -2.49. The first-order valence-corrected chi connectivity index (χ1v) is 7.31. The number of hydrogen-bond donors (Lipinski definition) is 2. The topological polar surface area (TPSA) is 32.3 Å². The van der Waals surface area contributed by atoms with Gasteiger partial charge in [0.15, 0.2) is 11.6 Å². The van der Waals surface area contributed by atoms with Crippen LogP contribution in [0.25, 0.3) is 0 Å². The number of aliphatic hydroxyl groups is 1. The Bertz CT molecular complexity index is 414. The molecule has 2 nitrogen and oxygen atoms in total. The van der Waals surface area contributed by atoms with E-state index < -0.39 is 11.6 Å². The molecule has 0 spiro atoms. The van der Waals surface area contributed by atoms with Crippen LogP contribution in [0, 0.1) is 11.6 Å². The Morgan fingerprint density at radius 3 is 2.53 bits per heavy atom. The summed E-state index contributed by atoms with van der Waals surface area (Å²) in [7, 11) is 0. The molecule has 1 aromatic rings. The van der Waals surface area contributed by atoms with Crippen molar-refractivity contribution < 1.29 is 13.9 Å². The van der Waals surface area contributed by atoms with Crippen molar-refractivity contribution in [2.24, 2.45) is 0 Å². The van der Waals surface area contributed by atoms with E-state index in [1.165, 1.54) is 17.8 Å². The van der Waals surface area contributed by atoms with Crippen molar-refractivity contribution in [2.75, 3.05) is 12.4 Å². The van der Waals surface area contributed by atoms with Crippen molar-refractivity contribution in [1.82, 2.24) is 5.32 Å². The van der Waals surface area contributed by atoms with Crippen LogP contribution < -0.4 is 5.32 Å². The highest BCUT2D eigenvalue weighted by atomic mass is 32.2. The molecule has 2 N–H and O–H groups in total. The molecule has 0 heterocycles. The molecule has 0 aliphatic heterocycles. The Morgan fingerprint density at radius 1 is 1.32 bits per heavy atom. The van der Waals surface area contributed by atoms with Gasteiger partial charge in [-0.25, -0.2) is 8.78 Å². The zero-order valence-corrected chi connectivity index (χ0v) is 12.4. The largest absolute Gasteiger partial charge is 0.394 e. The maximum absolute atomic E-state index is 13.0. The second kappa shape index (κ2) is 7.22. The van der Waals surface area contributed by atoms with Gasteiger partial charge in [-0.1, -0.05) is 13.8 Å². The molecule has 0 amide bonds. The van der Waals surface area contributed by atoms with Gasteiger partial charge in [-0.05, 0) is 37.3 Å². The van der Waals surface area contributed by atoms with Gasteiger partial charge in [0.05, 0.1) is 6.61 Å². The van der Waals surface area contributed by atoms with E-state index in [4.69, 9.17) is 0 Å². The van der Waals surface area contributed by atoms with E-state index in [1.807, 2.05) is 20.8 Å². The quantitative estimate of drug-likeness (QED) is 0.756. The van der Waals surface area contributed by atoms with E-state index in [1.54, 1.807) is 6.07 Å². The number of thioether (sulfide) groups is 1. The number of nitrogens with one attached hydrogen (secondary N) is 1. The summed E-state index contributed by atoms with van der Waals surface area (Å²) in [6, 6.07) is 4.18. The number of hydrogen-bond acceptors (Lipinski definition) is 3. The zero-order valence-electron chi connectivity index (χ0n) is 11.5. The van der Waals surface area contributed by atoms with Crippen molar-refractivity contribution in [2.45, 2.75) is 43.7 Å². The molecule has 1 rings (SSSR count). The first-order chi connectivity index (χ1) is 8.86. The van der Waals surface area contributed by atoms with Gasteiger partial charge < -0.3 is 10.4 Å². The Hall–Kier alpha value is -0.650. The molecule has 0 aliphatic rings. The summed E-state index contributed by atoms with van der Waals surface area (Å²) in [5.74, 6) is -0.928. The van der Waals surface area contributed by atoms with Crippen LogP contribution in [0.1, 0.15) is 27.2 Å². The van der Waals surface area contributed by atoms with Crippen LogP contribution in [-0.2, 0) is 0 Å². The second-order valence-electron chi connectivity index (χ2n) is 5.19. The van der Waals surface area contributed by atoms with Gasteiger partial charge in [-0.3, -0.25) is 0 Å². The van der Waals surface area contributed by atoms with Crippen molar-refractivity contribution in [3.63, 3.8) is 0 Å². The van der Waals surface area contributed by atoms with E-state index >= 15 is 0 Å². The summed E-state index contributed by atoms with van der Waals surface area (Å²) in [4.78, 5) is 0.698. The molecule has 0 saturated heterocycles. The molecule has 108 valence electrons. The maximum Gasteiger partial charge on any atom is 0.159 e. The average molecular weight is 289 g/mol. The van der Waals surface area contributed by atoms with Gasteiger partial charge in [-0.2, -0.15) is 0 Å². The lowest BCUT2D eigenvalue weighted by atomic mass is 9.99. The molecule has 0 bridgehead atoms. The van der Waals surface area contributed by atoms with E-state index in [9.17, 15) is 13.9 Å². The van der Waals surface area contributed by atoms with E-state index in [0.29, 0.717) is 4.90 Å². The van der Waals surface area contributed by atoms with Crippen LogP contribution in [0.3, 0.4) is 0 Å². The normalized spacial score (nSPS) is 14.7. The van der Waals surface area contributed by atoms with Crippen LogP contribution in [0.4, 0.5) is 8.78 Å². The Morgan fingerprint density at radius 2 is 2.00 bits per heavy atom. The maximum atomic E-state index is 13.0. The van der Waals surface area contributed by atoms with Crippen LogP contribution in [-0.4, -0.2) is 29.0 Å². The first-order valence-electron chi connectivity index (χ1n) is 6.33. The molecule has 0 radical (unpaired) electrons. The van der Waals surface area contributed by atoms with Crippen molar-refractivity contribution in [1.29, 1.82) is 0 Å². The Labute approximate surface area is 117 Å². The summed E-state index contributed by atoms with van der Waals surface area (Å²) < 4.78 is 25.8. The standard InChI is InChI=1S/C14H21F2NOS/c1-10(2)17-14(3,9-18)6-7-19-11-4-5-12(15)13(16)8-11/h4-5,8,10,17-18H,6-7,9H2,1-3H3. The fourth-order valence-electron chi connectivity index (χ4n) is 1.85.